The van der Waals surface area contributed by atoms with Crippen LogP contribution in [0.5, 0.6) is 5.75 Å². The fraction of sp³-hybridized carbons (Fsp3) is 0.417. The molecule has 0 radical (unpaired) electrons. The zero-order valence-corrected chi connectivity index (χ0v) is 49.2. The lowest BCUT2D eigenvalue weighted by molar-refractivity contribution is 0.433. The molecule has 2 heterocycles. The molecule has 0 atom stereocenters. The number of pyridine rings is 1. The van der Waals surface area contributed by atoms with Crippen LogP contribution in [0.4, 0.5) is 0 Å². The van der Waals surface area contributed by atoms with Gasteiger partial charge in [0.05, 0.1) is 28.0 Å². The van der Waals surface area contributed by atoms with Crippen LogP contribution in [0, 0.1) is 0 Å². The topological polar surface area (TPSA) is 50.9 Å². The molecule has 1 N–H and O–H groups in total. The van der Waals surface area contributed by atoms with Crippen molar-refractivity contribution < 1.29 is 5.11 Å². The number of imidazole rings is 1. The minimum atomic E-state index is -0.333. The fourth-order valence-corrected chi connectivity index (χ4v) is 13.0. The van der Waals surface area contributed by atoms with Crippen molar-refractivity contribution in [3.8, 4) is 67.5 Å². The highest BCUT2D eigenvalue weighted by atomic mass is 16.3. The Morgan fingerprint density at radius 1 is 0.461 bits per heavy atom. The van der Waals surface area contributed by atoms with Gasteiger partial charge in [0.2, 0.25) is 0 Å². The van der Waals surface area contributed by atoms with Gasteiger partial charge in [-0.05, 0) is 168 Å². The number of aromatic hydroxyl groups is 1. The molecular weight excluding hydrogens is 923 g/mol. The summed E-state index contributed by atoms with van der Waals surface area (Å²) in [6.45, 7) is 39.7. The summed E-state index contributed by atoms with van der Waals surface area (Å²) < 4.78 is 2.35. The number of aromatic nitrogens is 3. The fourth-order valence-electron chi connectivity index (χ4n) is 13.0. The Kier molecular flexibility index (Phi) is 12.9. The van der Waals surface area contributed by atoms with E-state index < -0.39 is 0 Å². The van der Waals surface area contributed by atoms with Gasteiger partial charge < -0.3 is 5.11 Å². The molecule has 8 aromatic rings. The zero-order valence-electron chi connectivity index (χ0n) is 49.2. The first kappa shape index (κ1) is 53.2. The highest BCUT2D eigenvalue weighted by Crippen LogP contribution is 2.52. The van der Waals surface area contributed by atoms with E-state index in [0.717, 1.165) is 86.4 Å². The zero-order chi connectivity index (χ0) is 54.7. The second-order valence-electron chi connectivity index (χ2n) is 28.6. The molecule has 0 amide bonds. The molecule has 4 nitrogen and oxygen atoms in total. The monoisotopic (exact) mass is 1010 g/mol. The molecule has 2 aromatic heterocycles. The molecule has 10 rings (SSSR count). The van der Waals surface area contributed by atoms with E-state index in [-0.39, 0.29) is 43.7 Å². The summed E-state index contributed by atoms with van der Waals surface area (Å²) in [5.74, 6) is 0.999. The molecule has 6 aromatic carbocycles. The van der Waals surface area contributed by atoms with Crippen molar-refractivity contribution in [2.45, 2.75) is 194 Å². The van der Waals surface area contributed by atoms with E-state index in [2.05, 4.69) is 244 Å². The third kappa shape index (κ3) is 9.55. The van der Waals surface area contributed by atoms with Gasteiger partial charge in [0.25, 0.3) is 0 Å². The summed E-state index contributed by atoms with van der Waals surface area (Å²) in [6.07, 6.45) is 8.94. The maximum atomic E-state index is 12.8. The van der Waals surface area contributed by atoms with Gasteiger partial charge in [-0.3, -0.25) is 9.55 Å². The van der Waals surface area contributed by atoms with Crippen LogP contribution in [0.2, 0.25) is 0 Å². The Morgan fingerprint density at radius 2 is 1.07 bits per heavy atom. The Balaban J connectivity index is 1.28. The first-order valence-electron chi connectivity index (χ1n) is 28.4. The molecule has 0 unspecified atom stereocenters. The highest BCUT2D eigenvalue weighted by Gasteiger charge is 2.39. The number of para-hydroxylation sites is 1. The standard InChI is InChI=1S/C72H85N3O/c1-66(2,3)49-29-31-60(52(42-49)45-24-19-18-20-25-45)75-61-27-21-26-51(63(61)74-65(75)54-43-50(67(4,5)6)44-58(64(54)76)68(7,8)9)53-38-48(40-57-62(53)72(16,17)36-23-35-71(57,14)15)59-41-47(32-37-73-59)46-28-30-55-56(39-46)70(12,13)34-22-33-69(55,10)11/h18-21,24-32,37-44,76H,22-23,33-36H2,1-17H3. The number of hydrogen-bond donors (Lipinski definition) is 1. The number of benzene rings is 6. The van der Waals surface area contributed by atoms with Gasteiger partial charge in [-0.15, -0.1) is 0 Å². The Bertz CT molecular complexity index is 3540. The first-order valence-corrected chi connectivity index (χ1v) is 28.4. The quantitative estimate of drug-likeness (QED) is 0.169. The lowest BCUT2D eigenvalue weighted by atomic mass is 9.71. The van der Waals surface area contributed by atoms with Gasteiger partial charge in [-0.1, -0.05) is 203 Å². The summed E-state index contributed by atoms with van der Waals surface area (Å²) in [6, 6.07) is 45.6. The molecular formula is C72H85N3O. The largest absolute Gasteiger partial charge is 0.507 e. The Morgan fingerprint density at radius 3 is 1.72 bits per heavy atom. The van der Waals surface area contributed by atoms with Gasteiger partial charge >= 0.3 is 0 Å². The van der Waals surface area contributed by atoms with E-state index >= 15 is 0 Å². The van der Waals surface area contributed by atoms with E-state index in [1.54, 1.807) is 0 Å². The summed E-state index contributed by atoms with van der Waals surface area (Å²) in [5, 5.41) is 12.8. The van der Waals surface area contributed by atoms with Gasteiger partial charge in [0.15, 0.2) is 0 Å². The second kappa shape index (κ2) is 18.5. The van der Waals surface area contributed by atoms with Gasteiger partial charge in [0.1, 0.15) is 11.6 Å². The maximum absolute atomic E-state index is 12.8. The number of fused-ring (bicyclic) bond motifs is 3. The summed E-state index contributed by atoms with van der Waals surface area (Å²) in [5.41, 5.74) is 21.2. The van der Waals surface area contributed by atoms with Crippen molar-refractivity contribution in [2.75, 3.05) is 0 Å². The first-order chi connectivity index (χ1) is 35.5. The molecule has 0 saturated carbocycles. The van der Waals surface area contributed by atoms with Gasteiger partial charge in [-0.25, -0.2) is 4.98 Å². The normalized spacial score (nSPS) is 17.2. The maximum Gasteiger partial charge on any atom is 0.149 e. The smallest absolute Gasteiger partial charge is 0.149 e. The van der Waals surface area contributed by atoms with Crippen molar-refractivity contribution in [1.29, 1.82) is 0 Å². The van der Waals surface area contributed by atoms with Gasteiger partial charge in [-0.2, -0.15) is 0 Å². The van der Waals surface area contributed by atoms with Crippen LogP contribution >= 0.6 is 0 Å². The van der Waals surface area contributed by atoms with Gasteiger partial charge in [0, 0.05) is 28.5 Å². The molecule has 0 saturated heterocycles. The Hall–Kier alpha value is -6.26. The molecule has 0 fully saturated rings. The average molecular weight is 1010 g/mol. The van der Waals surface area contributed by atoms with Crippen molar-refractivity contribution in [1.82, 2.24) is 14.5 Å². The molecule has 0 aliphatic heterocycles. The van der Waals surface area contributed by atoms with Crippen LogP contribution in [-0.4, -0.2) is 19.6 Å². The highest BCUT2D eigenvalue weighted by molar-refractivity contribution is 5.99. The number of nitrogens with zero attached hydrogens (tertiary/aromatic N) is 3. The van der Waals surface area contributed by atoms with Crippen LogP contribution in [0.1, 0.15) is 195 Å². The van der Waals surface area contributed by atoms with Crippen molar-refractivity contribution >= 4 is 11.0 Å². The summed E-state index contributed by atoms with van der Waals surface area (Å²) in [7, 11) is 0. The molecule has 394 valence electrons. The minimum absolute atomic E-state index is 0.0815. The number of rotatable bonds is 6. The van der Waals surface area contributed by atoms with Crippen LogP contribution in [0.25, 0.3) is 72.7 Å². The molecule has 0 spiro atoms. The predicted molar refractivity (Wildman–Crippen MR) is 324 cm³/mol. The summed E-state index contributed by atoms with van der Waals surface area (Å²) in [4.78, 5) is 11.1. The molecule has 76 heavy (non-hydrogen) atoms. The Labute approximate surface area is 456 Å². The lowest BCUT2D eigenvalue weighted by Crippen LogP contribution is -2.23. The number of phenols is 1. The SMILES string of the molecule is CC(C)(C)c1ccc(-n2c(-c3cc(C(C)(C)C)cc(C(C)(C)C)c3O)nc3c(-c4cc(-c5cc(-c6ccc7c(c6)C(C)(C)CCCC7(C)C)ccn5)cc5c4C(C)(C)CCCC5(C)C)cccc32)c(-c2ccccc2)c1. The van der Waals surface area contributed by atoms with Crippen molar-refractivity contribution in [3.63, 3.8) is 0 Å². The number of phenolic OH excluding ortho intramolecular Hbond substituents is 1. The second-order valence-corrected chi connectivity index (χ2v) is 28.6. The third-order valence-corrected chi connectivity index (χ3v) is 17.8. The molecule has 2 aliphatic carbocycles. The van der Waals surface area contributed by atoms with Crippen LogP contribution < -0.4 is 0 Å². The van der Waals surface area contributed by atoms with E-state index in [1.165, 1.54) is 63.8 Å². The van der Waals surface area contributed by atoms with Crippen molar-refractivity contribution in [2.24, 2.45) is 0 Å². The van der Waals surface area contributed by atoms with E-state index in [4.69, 9.17) is 9.97 Å². The van der Waals surface area contributed by atoms with E-state index in [1.807, 2.05) is 6.20 Å². The predicted octanol–water partition coefficient (Wildman–Crippen LogP) is 19.8. The van der Waals surface area contributed by atoms with Crippen LogP contribution in [0.3, 0.4) is 0 Å². The number of hydrogen-bond acceptors (Lipinski definition) is 3. The molecule has 0 bridgehead atoms. The third-order valence-electron chi connectivity index (χ3n) is 17.8. The molecule has 2 aliphatic rings. The average Bonchev–Trinajstić information content (AvgIpc) is 3.66. The van der Waals surface area contributed by atoms with E-state index in [0.29, 0.717) is 0 Å². The van der Waals surface area contributed by atoms with E-state index in [9.17, 15) is 5.11 Å². The molecule has 4 heteroatoms. The summed E-state index contributed by atoms with van der Waals surface area (Å²) >= 11 is 0. The minimum Gasteiger partial charge on any atom is -0.507 e. The van der Waals surface area contributed by atoms with Crippen molar-refractivity contribution in [3.05, 3.63) is 166 Å². The van der Waals surface area contributed by atoms with Crippen LogP contribution in [-0.2, 0) is 37.9 Å². The lowest BCUT2D eigenvalue weighted by Gasteiger charge is -2.33. The van der Waals surface area contributed by atoms with Crippen LogP contribution in [0.15, 0.2) is 128 Å².